The van der Waals surface area contributed by atoms with E-state index in [1.54, 1.807) is 6.07 Å². The Kier molecular flexibility index (Phi) is 6.91. The van der Waals surface area contributed by atoms with E-state index in [2.05, 4.69) is 18.2 Å². The highest BCUT2D eigenvalue weighted by Gasteiger charge is 2.29. The predicted octanol–water partition coefficient (Wildman–Crippen LogP) is 4.22. The van der Waals surface area contributed by atoms with Gasteiger partial charge in [-0.3, -0.25) is 4.79 Å². The van der Waals surface area contributed by atoms with E-state index < -0.39 is 0 Å². The number of piperidine rings is 1. The normalized spacial score (nSPS) is 14.1. The van der Waals surface area contributed by atoms with Crippen LogP contribution in [0.15, 0.2) is 54.6 Å². The predicted molar refractivity (Wildman–Crippen MR) is 116 cm³/mol. The Morgan fingerprint density at radius 2 is 1.86 bits per heavy atom. The van der Waals surface area contributed by atoms with Gasteiger partial charge in [0.05, 0.1) is 0 Å². The molecule has 5 nitrogen and oxygen atoms in total. The van der Waals surface area contributed by atoms with Crippen molar-refractivity contribution in [2.45, 2.75) is 32.2 Å². The summed E-state index contributed by atoms with van der Waals surface area (Å²) < 4.78 is 0. The van der Waals surface area contributed by atoms with Crippen LogP contribution in [0.3, 0.4) is 0 Å². The molecule has 0 atom stereocenters. The lowest BCUT2D eigenvalue weighted by atomic mass is 10.0. The standard InChI is InChI=1S/C24H27N3O2/c1-3-15-27(24(29)25-21-12-8-9-19(4-2)18-21)22-13-16-26(17-14-22)23(28)20-10-6-5-7-11-20/h2,5-12,18,22H,3,13-17H2,1H3,(H,25,29). The maximum Gasteiger partial charge on any atom is 0.322 e. The van der Waals surface area contributed by atoms with Gasteiger partial charge in [-0.05, 0) is 49.6 Å². The number of rotatable bonds is 5. The first kappa shape index (κ1) is 20.5. The summed E-state index contributed by atoms with van der Waals surface area (Å²) in [6.07, 6.45) is 7.87. The average Bonchev–Trinajstić information content (AvgIpc) is 2.77. The molecule has 1 N–H and O–H groups in total. The van der Waals surface area contributed by atoms with Crippen LogP contribution < -0.4 is 5.32 Å². The number of hydrogen-bond acceptors (Lipinski definition) is 2. The molecule has 5 heteroatoms. The summed E-state index contributed by atoms with van der Waals surface area (Å²) in [5.74, 6) is 2.64. The van der Waals surface area contributed by atoms with Gasteiger partial charge in [0.15, 0.2) is 0 Å². The number of nitrogens with one attached hydrogen (secondary N) is 1. The lowest BCUT2D eigenvalue weighted by Crippen LogP contribution is -2.50. The molecule has 1 aliphatic heterocycles. The fourth-order valence-corrected chi connectivity index (χ4v) is 3.72. The first-order chi connectivity index (χ1) is 14.1. The molecule has 2 aromatic carbocycles. The number of hydrogen-bond donors (Lipinski definition) is 1. The quantitative estimate of drug-likeness (QED) is 0.779. The van der Waals surface area contributed by atoms with Crippen molar-refractivity contribution in [2.75, 3.05) is 25.0 Å². The highest BCUT2D eigenvalue weighted by atomic mass is 16.2. The van der Waals surface area contributed by atoms with Crippen molar-refractivity contribution in [3.8, 4) is 12.3 Å². The van der Waals surface area contributed by atoms with Gasteiger partial charge in [0.2, 0.25) is 0 Å². The van der Waals surface area contributed by atoms with E-state index in [0.717, 1.165) is 24.8 Å². The van der Waals surface area contributed by atoms with Crippen LogP contribution in [0, 0.1) is 12.3 Å². The van der Waals surface area contributed by atoms with Crippen molar-refractivity contribution < 1.29 is 9.59 Å². The Bertz CT molecular complexity index is 880. The Balaban J connectivity index is 1.62. The third-order valence-corrected chi connectivity index (χ3v) is 5.22. The second-order valence-electron chi connectivity index (χ2n) is 7.24. The van der Waals surface area contributed by atoms with Crippen molar-refractivity contribution in [3.05, 3.63) is 65.7 Å². The molecule has 0 unspecified atom stereocenters. The first-order valence-electron chi connectivity index (χ1n) is 10.1. The monoisotopic (exact) mass is 389 g/mol. The van der Waals surface area contributed by atoms with Gasteiger partial charge < -0.3 is 15.1 Å². The van der Waals surface area contributed by atoms with E-state index in [1.807, 2.05) is 58.3 Å². The Morgan fingerprint density at radius 1 is 1.14 bits per heavy atom. The first-order valence-corrected chi connectivity index (χ1v) is 10.1. The maximum atomic E-state index is 12.9. The van der Waals surface area contributed by atoms with Crippen LogP contribution in [-0.4, -0.2) is 47.4 Å². The zero-order chi connectivity index (χ0) is 20.6. The molecule has 3 amide bonds. The summed E-state index contributed by atoms with van der Waals surface area (Å²) in [6.45, 7) is 4.04. The number of urea groups is 1. The van der Waals surface area contributed by atoms with Gasteiger partial charge >= 0.3 is 6.03 Å². The summed E-state index contributed by atoms with van der Waals surface area (Å²) in [7, 11) is 0. The minimum Gasteiger partial charge on any atom is -0.338 e. The van der Waals surface area contributed by atoms with Crippen molar-refractivity contribution in [1.82, 2.24) is 9.80 Å². The number of carbonyl (C=O) groups is 2. The Hall–Kier alpha value is -3.26. The van der Waals surface area contributed by atoms with Crippen LogP contribution in [0.2, 0.25) is 0 Å². The number of benzene rings is 2. The van der Waals surface area contributed by atoms with Gasteiger partial charge in [-0.1, -0.05) is 37.1 Å². The fourth-order valence-electron chi connectivity index (χ4n) is 3.72. The van der Waals surface area contributed by atoms with Gasteiger partial charge in [0.1, 0.15) is 0 Å². The minimum atomic E-state index is -0.117. The number of anilines is 1. The van der Waals surface area contributed by atoms with E-state index in [0.29, 0.717) is 30.9 Å². The number of likely N-dealkylation sites (tertiary alicyclic amines) is 1. The molecule has 0 bridgehead atoms. The molecule has 0 aromatic heterocycles. The molecule has 0 saturated carbocycles. The molecule has 0 aliphatic carbocycles. The third kappa shape index (κ3) is 5.17. The highest BCUT2D eigenvalue weighted by Crippen LogP contribution is 2.20. The Labute approximate surface area is 172 Å². The largest absolute Gasteiger partial charge is 0.338 e. The summed E-state index contributed by atoms with van der Waals surface area (Å²) in [6, 6.07) is 16.6. The molecule has 0 radical (unpaired) electrons. The van der Waals surface area contributed by atoms with Gasteiger partial charge in [0.25, 0.3) is 5.91 Å². The van der Waals surface area contributed by atoms with Crippen LogP contribution in [0.5, 0.6) is 0 Å². The van der Waals surface area contributed by atoms with E-state index in [4.69, 9.17) is 6.42 Å². The van der Waals surface area contributed by atoms with E-state index >= 15 is 0 Å². The summed E-state index contributed by atoms with van der Waals surface area (Å²) in [5.41, 5.74) is 2.14. The molecule has 0 spiro atoms. The number of amides is 3. The lowest BCUT2D eigenvalue weighted by molar-refractivity contribution is 0.0657. The van der Waals surface area contributed by atoms with Gasteiger partial charge in [-0.2, -0.15) is 0 Å². The van der Waals surface area contributed by atoms with Crippen molar-refractivity contribution in [1.29, 1.82) is 0 Å². The molecule has 1 heterocycles. The van der Waals surface area contributed by atoms with E-state index in [-0.39, 0.29) is 18.0 Å². The van der Waals surface area contributed by atoms with Crippen LogP contribution in [0.1, 0.15) is 42.1 Å². The molecule has 1 aliphatic rings. The van der Waals surface area contributed by atoms with Crippen molar-refractivity contribution in [2.24, 2.45) is 0 Å². The van der Waals surface area contributed by atoms with Crippen molar-refractivity contribution in [3.63, 3.8) is 0 Å². The maximum absolute atomic E-state index is 12.9. The lowest BCUT2D eigenvalue weighted by Gasteiger charge is -2.38. The van der Waals surface area contributed by atoms with Crippen LogP contribution >= 0.6 is 0 Å². The van der Waals surface area contributed by atoms with Gasteiger partial charge in [-0.15, -0.1) is 6.42 Å². The summed E-state index contributed by atoms with van der Waals surface area (Å²) in [5, 5.41) is 2.97. The highest BCUT2D eigenvalue weighted by molar-refractivity contribution is 5.94. The smallest absolute Gasteiger partial charge is 0.322 e. The topological polar surface area (TPSA) is 52.7 Å². The number of nitrogens with zero attached hydrogens (tertiary/aromatic N) is 2. The fraction of sp³-hybridized carbons (Fsp3) is 0.333. The summed E-state index contributed by atoms with van der Waals surface area (Å²) >= 11 is 0. The van der Waals surface area contributed by atoms with Gasteiger partial charge in [0, 0.05) is 42.5 Å². The average molecular weight is 389 g/mol. The SMILES string of the molecule is C#Cc1cccc(NC(=O)N(CCC)C2CCN(C(=O)c3ccccc3)CC2)c1. The second-order valence-corrected chi connectivity index (χ2v) is 7.24. The molecule has 29 heavy (non-hydrogen) atoms. The second kappa shape index (κ2) is 9.79. The number of terminal acetylenes is 1. The molecule has 150 valence electrons. The summed E-state index contributed by atoms with van der Waals surface area (Å²) in [4.78, 5) is 29.4. The van der Waals surface area contributed by atoms with E-state index in [1.165, 1.54) is 0 Å². The zero-order valence-electron chi connectivity index (χ0n) is 16.8. The zero-order valence-corrected chi connectivity index (χ0v) is 16.8. The Morgan fingerprint density at radius 3 is 2.52 bits per heavy atom. The molecular formula is C24H27N3O2. The number of carbonyl (C=O) groups excluding carboxylic acids is 2. The van der Waals surface area contributed by atoms with Gasteiger partial charge in [-0.25, -0.2) is 4.79 Å². The molecule has 3 rings (SSSR count). The van der Waals surface area contributed by atoms with Crippen LogP contribution in [-0.2, 0) is 0 Å². The van der Waals surface area contributed by atoms with Crippen LogP contribution in [0.4, 0.5) is 10.5 Å². The van der Waals surface area contributed by atoms with E-state index in [9.17, 15) is 9.59 Å². The van der Waals surface area contributed by atoms with Crippen molar-refractivity contribution >= 4 is 17.6 Å². The molecular weight excluding hydrogens is 362 g/mol. The molecule has 1 fully saturated rings. The third-order valence-electron chi connectivity index (χ3n) is 5.22. The van der Waals surface area contributed by atoms with Crippen LogP contribution in [0.25, 0.3) is 0 Å². The molecule has 1 saturated heterocycles. The molecule has 2 aromatic rings. The minimum absolute atomic E-state index is 0.0571.